The van der Waals surface area contributed by atoms with Crippen LogP contribution in [0.2, 0.25) is 0 Å². The Bertz CT molecular complexity index is 468. The van der Waals surface area contributed by atoms with Gasteiger partial charge in [0.25, 0.3) is 0 Å². The summed E-state index contributed by atoms with van der Waals surface area (Å²) >= 11 is 0. The summed E-state index contributed by atoms with van der Waals surface area (Å²) < 4.78 is 102. The first-order valence-electron chi connectivity index (χ1n) is 7.52. The van der Waals surface area contributed by atoms with Crippen molar-refractivity contribution in [3.05, 3.63) is 12.7 Å². The molecule has 0 bridgehead atoms. The summed E-state index contributed by atoms with van der Waals surface area (Å²) in [5.41, 5.74) is 0. The van der Waals surface area contributed by atoms with Crippen molar-refractivity contribution in [3.63, 3.8) is 0 Å². The van der Waals surface area contributed by atoms with Crippen molar-refractivity contribution >= 4 is 10.1 Å². The predicted molar refractivity (Wildman–Crippen MR) is 82.9 cm³/mol. The Labute approximate surface area is 144 Å². The number of hydrogen-bond acceptors (Lipinski definition) is 4. The maximum absolute atomic E-state index is 13.5. The summed E-state index contributed by atoms with van der Waals surface area (Å²) in [4.78, 5) is 0. The van der Waals surface area contributed by atoms with E-state index in [0.29, 0.717) is 25.7 Å². The highest BCUT2D eigenvalue weighted by molar-refractivity contribution is 7.87. The molecule has 4 nitrogen and oxygen atoms in total. The van der Waals surface area contributed by atoms with Crippen LogP contribution >= 0.6 is 0 Å². The van der Waals surface area contributed by atoms with Crippen molar-refractivity contribution in [1.82, 2.24) is 6.15 Å². The third-order valence-electron chi connectivity index (χ3n) is 3.21. The molecule has 1 unspecified atom stereocenters. The normalized spacial score (nSPS) is 14.0. The lowest BCUT2D eigenvalue weighted by atomic mass is 10.1. The average molecular weight is 401 g/mol. The zero-order valence-corrected chi connectivity index (χ0v) is 14.7. The Morgan fingerprint density at radius 2 is 1.44 bits per heavy atom. The van der Waals surface area contributed by atoms with Crippen molar-refractivity contribution in [3.8, 4) is 0 Å². The van der Waals surface area contributed by atoms with Crippen LogP contribution < -0.4 is 6.15 Å². The zero-order valence-electron chi connectivity index (χ0n) is 13.8. The summed E-state index contributed by atoms with van der Waals surface area (Å²) in [5, 5.41) is -4.65. The molecule has 0 aliphatic heterocycles. The van der Waals surface area contributed by atoms with Gasteiger partial charge in [-0.2, -0.15) is 30.4 Å². The largest absolute Gasteiger partial charge is 0.400 e. The van der Waals surface area contributed by atoms with Crippen LogP contribution in [0.5, 0.6) is 0 Å². The van der Waals surface area contributed by atoms with E-state index in [9.17, 15) is 34.8 Å². The van der Waals surface area contributed by atoms with Gasteiger partial charge in [-0.1, -0.05) is 38.2 Å². The van der Waals surface area contributed by atoms with Gasteiger partial charge in [0, 0.05) is 6.42 Å². The molecular formula is C14H25F6NO3S. The van der Waals surface area contributed by atoms with Crippen molar-refractivity contribution in [2.24, 2.45) is 0 Å². The van der Waals surface area contributed by atoms with Crippen LogP contribution in [0.15, 0.2) is 12.7 Å². The average Bonchev–Trinajstić information content (AvgIpc) is 2.46. The minimum atomic E-state index is -5.38. The molecule has 0 spiro atoms. The Hall–Kier alpha value is -0.810. The van der Waals surface area contributed by atoms with Crippen molar-refractivity contribution in [1.29, 1.82) is 0 Å². The molecule has 0 aromatic rings. The second kappa shape index (κ2) is 11.7. The van der Waals surface area contributed by atoms with Crippen LogP contribution in [-0.4, -0.2) is 32.6 Å². The highest BCUT2D eigenvalue weighted by Gasteiger charge is 2.53. The Morgan fingerprint density at radius 1 is 0.960 bits per heavy atom. The Morgan fingerprint density at radius 3 is 1.92 bits per heavy atom. The fourth-order valence-electron chi connectivity index (χ4n) is 1.90. The van der Waals surface area contributed by atoms with E-state index in [-0.39, 0.29) is 19.0 Å². The molecule has 0 saturated carbocycles. The van der Waals surface area contributed by atoms with E-state index in [4.69, 9.17) is 0 Å². The number of halogens is 6. The topological polar surface area (TPSA) is 78.4 Å². The van der Waals surface area contributed by atoms with Crippen LogP contribution in [0.25, 0.3) is 0 Å². The first-order valence-corrected chi connectivity index (χ1v) is 8.93. The van der Waals surface area contributed by atoms with Gasteiger partial charge in [-0.15, -0.1) is 6.58 Å². The van der Waals surface area contributed by atoms with Gasteiger partial charge in [0.05, 0.1) is 6.61 Å². The molecule has 0 fully saturated rings. The van der Waals surface area contributed by atoms with Crippen molar-refractivity contribution < 1.29 is 38.9 Å². The third-order valence-corrected chi connectivity index (χ3v) is 4.58. The number of unbranched alkanes of at least 4 members (excludes halogenated alkanes) is 5. The molecule has 0 aliphatic rings. The molecule has 0 rings (SSSR count). The van der Waals surface area contributed by atoms with Gasteiger partial charge < -0.3 is 6.15 Å². The van der Waals surface area contributed by atoms with Crippen molar-refractivity contribution in [2.45, 2.75) is 69.0 Å². The van der Waals surface area contributed by atoms with Gasteiger partial charge in [0.15, 0.2) is 6.17 Å². The summed E-state index contributed by atoms with van der Waals surface area (Å²) in [5.74, 6) is 0. The standard InChI is InChI=1S/C14H22F6O3S.H3N/c1-2-11-23-24(21,22)14(19,20)12(15)9-7-5-3-4-6-8-10-13(16,17)18;/h2,12H,1,3-11H2;1H3. The molecule has 1 atom stereocenters. The van der Waals surface area contributed by atoms with Gasteiger partial charge in [-0.3, -0.25) is 4.18 Å². The van der Waals surface area contributed by atoms with Crippen LogP contribution in [-0.2, 0) is 14.3 Å². The lowest BCUT2D eigenvalue weighted by molar-refractivity contribution is -0.135. The smallest absolute Gasteiger partial charge is 0.344 e. The molecule has 152 valence electrons. The lowest BCUT2D eigenvalue weighted by Gasteiger charge is -2.20. The fraction of sp³-hybridized carbons (Fsp3) is 0.857. The first kappa shape index (κ1) is 26.4. The minimum absolute atomic E-state index is 0. The maximum Gasteiger partial charge on any atom is 0.400 e. The summed E-state index contributed by atoms with van der Waals surface area (Å²) in [6.07, 6.45) is -6.07. The zero-order chi connectivity index (χ0) is 18.9. The Kier molecular flexibility index (Phi) is 12.4. The Balaban J connectivity index is 0. The van der Waals surface area contributed by atoms with Gasteiger partial charge in [-0.25, -0.2) is 4.39 Å². The van der Waals surface area contributed by atoms with E-state index in [1.807, 2.05) is 0 Å². The molecule has 0 aliphatic carbocycles. The quantitative estimate of drug-likeness (QED) is 0.197. The first-order chi connectivity index (χ1) is 10.9. The van der Waals surface area contributed by atoms with Crippen LogP contribution in [0.4, 0.5) is 26.3 Å². The number of hydrogen-bond donors (Lipinski definition) is 1. The summed E-state index contributed by atoms with van der Waals surface area (Å²) in [7, 11) is -5.38. The molecule has 0 radical (unpaired) electrons. The van der Waals surface area contributed by atoms with E-state index >= 15 is 0 Å². The highest BCUT2D eigenvalue weighted by atomic mass is 32.2. The highest BCUT2D eigenvalue weighted by Crippen LogP contribution is 2.32. The second-order valence-electron chi connectivity index (χ2n) is 5.33. The molecule has 0 saturated heterocycles. The van der Waals surface area contributed by atoms with E-state index in [1.54, 1.807) is 0 Å². The van der Waals surface area contributed by atoms with Gasteiger partial charge in [0.2, 0.25) is 0 Å². The molecule has 0 aromatic heterocycles. The molecular weight excluding hydrogens is 376 g/mol. The molecule has 25 heavy (non-hydrogen) atoms. The van der Waals surface area contributed by atoms with Crippen LogP contribution in [0, 0.1) is 0 Å². The predicted octanol–water partition coefficient (Wildman–Crippen LogP) is 5.29. The van der Waals surface area contributed by atoms with E-state index in [0.717, 1.165) is 6.08 Å². The van der Waals surface area contributed by atoms with Gasteiger partial charge in [0.1, 0.15) is 0 Å². The summed E-state index contributed by atoms with van der Waals surface area (Å²) in [6, 6.07) is 0. The van der Waals surface area contributed by atoms with Crippen molar-refractivity contribution in [2.75, 3.05) is 6.61 Å². The molecule has 3 N–H and O–H groups in total. The van der Waals surface area contributed by atoms with E-state index in [2.05, 4.69) is 10.8 Å². The fourth-order valence-corrected chi connectivity index (χ4v) is 2.76. The molecule has 0 amide bonds. The maximum atomic E-state index is 13.5. The van der Waals surface area contributed by atoms with Crippen LogP contribution in [0.1, 0.15) is 51.4 Å². The van der Waals surface area contributed by atoms with E-state index < -0.39 is 47.2 Å². The minimum Gasteiger partial charge on any atom is -0.344 e. The molecule has 0 heterocycles. The number of alkyl halides is 6. The SMILES string of the molecule is C=CCOS(=O)(=O)C(F)(F)C(F)CCCCCCCCC(F)(F)F.N. The molecule has 11 heteroatoms. The monoisotopic (exact) mass is 401 g/mol. The second-order valence-corrected chi connectivity index (χ2v) is 7.02. The third kappa shape index (κ3) is 10.7. The lowest BCUT2D eigenvalue weighted by Crippen LogP contribution is -2.40. The van der Waals surface area contributed by atoms with Gasteiger partial charge >= 0.3 is 21.5 Å². The van der Waals surface area contributed by atoms with Gasteiger partial charge in [-0.05, 0) is 12.8 Å². The summed E-state index contributed by atoms with van der Waals surface area (Å²) in [6.45, 7) is 2.43. The van der Waals surface area contributed by atoms with Crippen LogP contribution in [0.3, 0.4) is 0 Å². The molecule has 0 aromatic carbocycles. The van der Waals surface area contributed by atoms with E-state index in [1.165, 1.54) is 0 Å². The number of rotatable bonds is 13.